The molecule has 4 N–H and O–H groups in total. The third-order valence-electron chi connectivity index (χ3n) is 3.18. The van der Waals surface area contributed by atoms with Crippen LogP contribution >= 0.6 is 0 Å². The number of carboxylic acid groups (broad SMARTS) is 1. The first-order chi connectivity index (χ1) is 10.4. The number of esters is 2. The van der Waals surface area contributed by atoms with Crippen LogP contribution in [0.2, 0.25) is 0 Å². The highest BCUT2D eigenvalue weighted by molar-refractivity contribution is 6.03. The molecule has 0 aromatic carbocycles. The molecule has 0 aliphatic heterocycles. The summed E-state index contributed by atoms with van der Waals surface area (Å²) in [6.07, 6.45) is 1.94. The summed E-state index contributed by atoms with van der Waals surface area (Å²) < 4.78 is 9.45. The lowest BCUT2D eigenvalue weighted by atomic mass is 9.90. The van der Waals surface area contributed by atoms with Gasteiger partial charge in [0.05, 0.1) is 13.2 Å². The molecular weight excluding hydrogens is 306 g/mol. The van der Waals surface area contributed by atoms with Crippen LogP contribution in [-0.4, -0.2) is 52.5 Å². The fourth-order valence-corrected chi connectivity index (χ4v) is 1.96. The number of aliphatic hydroxyl groups is 1. The number of carbonyl (C=O) groups is 3. The number of aliphatic carboxylic acids is 1. The first kappa shape index (κ1) is 21.3. The summed E-state index contributed by atoms with van der Waals surface area (Å²) in [5, 5.41) is 18.9. The van der Waals surface area contributed by atoms with Crippen molar-refractivity contribution in [1.82, 2.24) is 0 Å². The molecule has 0 rings (SSSR count). The topological polar surface area (TPSA) is 136 Å². The summed E-state index contributed by atoms with van der Waals surface area (Å²) in [4.78, 5) is 34.0. The molecule has 0 aliphatic carbocycles. The van der Waals surface area contributed by atoms with E-state index in [1.807, 2.05) is 0 Å². The zero-order valence-corrected chi connectivity index (χ0v) is 14.1. The van der Waals surface area contributed by atoms with Crippen molar-refractivity contribution in [3.05, 3.63) is 0 Å². The Morgan fingerprint density at radius 2 is 1.70 bits per heavy atom. The first-order valence-electron chi connectivity index (χ1n) is 7.46. The van der Waals surface area contributed by atoms with Crippen molar-refractivity contribution < 1.29 is 34.1 Å². The molecule has 0 radical (unpaired) electrons. The van der Waals surface area contributed by atoms with E-state index in [0.29, 0.717) is 19.3 Å². The van der Waals surface area contributed by atoms with Crippen LogP contribution in [0.15, 0.2) is 0 Å². The standard InChI is InChI=1S/C15H27NO7/c1-14(2,3)23-11(17)9-7-5-6-8-10(16)15(21,12(18)19)13(20)22-4/h10,21H,5-9,16H2,1-4H3,(H,18,19). The van der Waals surface area contributed by atoms with E-state index >= 15 is 0 Å². The predicted molar refractivity (Wildman–Crippen MR) is 81.5 cm³/mol. The van der Waals surface area contributed by atoms with Gasteiger partial charge in [0.25, 0.3) is 5.60 Å². The Balaban J connectivity index is 4.25. The number of unbranched alkanes of at least 4 members (excludes halogenated alkanes) is 2. The molecule has 0 saturated heterocycles. The van der Waals surface area contributed by atoms with E-state index in [-0.39, 0.29) is 18.8 Å². The lowest BCUT2D eigenvalue weighted by Gasteiger charge is -2.26. The molecule has 0 amide bonds. The molecule has 0 aromatic heterocycles. The van der Waals surface area contributed by atoms with Crippen LogP contribution in [0.3, 0.4) is 0 Å². The number of hydrogen-bond acceptors (Lipinski definition) is 7. The van der Waals surface area contributed by atoms with Crippen LogP contribution in [0.25, 0.3) is 0 Å². The van der Waals surface area contributed by atoms with E-state index < -0.39 is 29.2 Å². The third kappa shape index (κ3) is 6.96. The number of carbonyl (C=O) groups excluding carboxylic acids is 2. The van der Waals surface area contributed by atoms with Crippen molar-refractivity contribution in [2.24, 2.45) is 5.73 Å². The second-order valence-corrected chi connectivity index (χ2v) is 6.36. The first-order valence-corrected chi connectivity index (χ1v) is 7.46. The number of hydrogen-bond donors (Lipinski definition) is 3. The lowest BCUT2D eigenvalue weighted by molar-refractivity contribution is -0.180. The SMILES string of the molecule is COC(=O)C(O)(C(=O)O)C(N)CCCCCC(=O)OC(C)(C)C. The number of ether oxygens (including phenoxy) is 2. The molecular formula is C15H27NO7. The molecule has 0 spiro atoms. The van der Waals surface area contributed by atoms with Gasteiger partial charge in [0.2, 0.25) is 0 Å². The Bertz CT molecular complexity index is 430. The fourth-order valence-electron chi connectivity index (χ4n) is 1.96. The van der Waals surface area contributed by atoms with Gasteiger partial charge in [-0.05, 0) is 33.6 Å². The molecule has 2 atom stereocenters. The molecule has 23 heavy (non-hydrogen) atoms. The second kappa shape index (κ2) is 8.83. The summed E-state index contributed by atoms with van der Waals surface area (Å²) in [6.45, 7) is 5.34. The quantitative estimate of drug-likeness (QED) is 0.317. The Morgan fingerprint density at radius 1 is 1.13 bits per heavy atom. The summed E-state index contributed by atoms with van der Waals surface area (Å²) in [5.41, 5.74) is 2.34. The molecule has 0 saturated carbocycles. The van der Waals surface area contributed by atoms with Crippen molar-refractivity contribution >= 4 is 17.9 Å². The van der Waals surface area contributed by atoms with Crippen LogP contribution in [-0.2, 0) is 23.9 Å². The van der Waals surface area contributed by atoms with E-state index in [4.69, 9.17) is 15.6 Å². The van der Waals surface area contributed by atoms with Crippen LogP contribution in [0, 0.1) is 0 Å². The lowest BCUT2D eigenvalue weighted by Crippen LogP contribution is -2.60. The number of rotatable bonds is 9. The highest BCUT2D eigenvalue weighted by atomic mass is 16.6. The van der Waals surface area contributed by atoms with E-state index in [9.17, 15) is 19.5 Å². The van der Waals surface area contributed by atoms with Crippen molar-refractivity contribution in [2.45, 2.75) is 70.1 Å². The van der Waals surface area contributed by atoms with Gasteiger partial charge in [-0.15, -0.1) is 0 Å². The number of nitrogens with two attached hydrogens (primary N) is 1. The zero-order valence-electron chi connectivity index (χ0n) is 14.1. The maximum atomic E-state index is 11.5. The Kier molecular flexibility index (Phi) is 8.19. The molecule has 0 fully saturated rings. The van der Waals surface area contributed by atoms with Crippen LogP contribution in [0.4, 0.5) is 0 Å². The summed E-state index contributed by atoms with van der Waals surface area (Å²) in [7, 11) is 0.976. The van der Waals surface area contributed by atoms with E-state index in [1.54, 1.807) is 20.8 Å². The van der Waals surface area contributed by atoms with Crippen molar-refractivity contribution in [3.63, 3.8) is 0 Å². The highest BCUT2D eigenvalue weighted by Crippen LogP contribution is 2.18. The van der Waals surface area contributed by atoms with Gasteiger partial charge >= 0.3 is 17.9 Å². The zero-order chi connectivity index (χ0) is 18.3. The van der Waals surface area contributed by atoms with Crippen molar-refractivity contribution in [2.75, 3.05) is 7.11 Å². The largest absolute Gasteiger partial charge is 0.479 e. The Hall–Kier alpha value is -1.67. The van der Waals surface area contributed by atoms with E-state index in [1.165, 1.54) is 0 Å². The molecule has 0 heterocycles. The number of methoxy groups -OCH3 is 1. The van der Waals surface area contributed by atoms with Gasteiger partial charge in [-0.2, -0.15) is 0 Å². The van der Waals surface area contributed by atoms with E-state index in [0.717, 1.165) is 7.11 Å². The molecule has 134 valence electrons. The van der Waals surface area contributed by atoms with Gasteiger partial charge in [-0.25, -0.2) is 9.59 Å². The molecule has 2 unspecified atom stereocenters. The summed E-state index contributed by atoms with van der Waals surface area (Å²) in [6, 6.07) is -1.30. The maximum Gasteiger partial charge on any atom is 0.351 e. The van der Waals surface area contributed by atoms with Crippen molar-refractivity contribution in [1.29, 1.82) is 0 Å². The minimum Gasteiger partial charge on any atom is -0.479 e. The fraction of sp³-hybridized carbons (Fsp3) is 0.800. The van der Waals surface area contributed by atoms with Gasteiger partial charge in [0.1, 0.15) is 5.60 Å². The molecule has 8 nitrogen and oxygen atoms in total. The summed E-state index contributed by atoms with van der Waals surface area (Å²) >= 11 is 0. The smallest absolute Gasteiger partial charge is 0.351 e. The average Bonchev–Trinajstić information content (AvgIpc) is 2.42. The van der Waals surface area contributed by atoms with E-state index in [2.05, 4.69) is 4.74 Å². The van der Waals surface area contributed by atoms with Gasteiger partial charge in [-0.3, -0.25) is 4.79 Å². The van der Waals surface area contributed by atoms with Gasteiger partial charge in [-0.1, -0.05) is 12.8 Å². The van der Waals surface area contributed by atoms with Crippen LogP contribution < -0.4 is 5.73 Å². The molecule has 0 aliphatic rings. The summed E-state index contributed by atoms with van der Waals surface area (Å²) in [5.74, 6) is -3.35. The molecule has 8 heteroatoms. The van der Waals surface area contributed by atoms with Crippen LogP contribution in [0.1, 0.15) is 52.9 Å². The minimum absolute atomic E-state index is 0.103. The minimum atomic E-state index is -2.76. The molecule has 0 bridgehead atoms. The van der Waals surface area contributed by atoms with Gasteiger partial charge < -0.3 is 25.4 Å². The highest BCUT2D eigenvalue weighted by Gasteiger charge is 2.50. The van der Waals surface area contributed by atoms with Gasteiger partial charge in [0, 0.05) is 6.42 Å². The molecule has 0 aromatic rings. The predicted octanol–water partition coefficient (Wildman–Crippen LogP) is 0.595. The maximum absolute atomic E-state index is 11.5. The Labute approximate surface area is 135 Å². The van der Waals surface area contributed by atoms with Gasteiger partial charge in [0.15, 0.2) is 0 Å². The normalized spacial score (nSPS) is 15.4. The third-order valence-corrected chi connectivity index (χ3v) is 3.18. The average molecular weight is 333 g/mol. The second-order valence-electron chi connectivity index (χ2n) is 6.36. The Morgan fingerprint density at radius 3 is 2.13 bits per heavy atom. The monoisotopic (exact) mass is 333 g/mol. The van der Waals surface area contributed by atoms with Crippen molar-refractivity contribution in [3.8, 4) is 0 Å². The van der Waals surface area contributed by atoms with Crippen LogP contribution in [0.5, 0.6) is 0 Å². The number of carboxylic acids is 1.